The molecular formula is C17H10F4N2O2. The summed E-state index contributed by atoms with van der Waals surface area (Å²) in [5, 5.41) is 2.44. The maximum atomic E-state index is 13.1. The Morgan fingerprint density at radius 3 is 2.44 bits per heavy atom. The molecule has 1 heterocycles. The predicted octanol–water partition coefficient (Wildman–Crippen LogP) is 4.75. The highest BCUT2D eigenvalue weighted by atomic mass is 19.4. The van der Waals surface area contributed by atoms with Gasteiger partial charge in [0.25, 0.3) is 5.91 Å². The molecule has 25 heavy (non-hydrogen) atoms. The molecule has 0 radical (unpaired) electrons. The van der Waals surface area contributed by atoms with Crippen LogP contribution in [-0.2, 0) is 6.18 Å². The van der Waals surface area contributed by atoms with Gasteiger partial charge in [-0.15, -0.1) is 0 Å². The van der Waals surface area contributed by atoms with E-state index in [0.29, 0.717) is 0 Å². The molecule has 0 aliphatic rings. The third kappa shape index (κ3) is 3.85. The summed E-state index contributed by atoms with van der Waals surface area (Å²) >= 11 is 0. The van der Waals surface area contributed by atoms with Crippen LogP contribution >= 0.6 is 0 Å². The van der Waals surface area contributed by atoms with Crippen LogP contribution in [0.1, 0.15) is 16.1 Å². The summed E-state index contributed by atoms with van der Waals surface area (Å²) in [7, 11) is 0. The molecule has 0 spiro atoms. The van der Waals surface area contributed by atoms with Gasteiger partial charge in [0, 0.05) is 11.3 Å². The molecule has 128 valence electrons. The molecule has 1 amide bonds. The fraction of sp³-hybridized carbons (Fsp3) is 0.0588. The Kier molecular flexibility index (Phi) is 4.26. The molecule has 1 aromatic heterocycles. The number of anilines is 1. The molecule has 0 bridgehead atoms. The number of nitrogens with zero attached hydrogens (tertiary/aromatic N) is 1. The average Bonchev–Trinajstić information content (AvgIpc) is 3.04. The van der Waals surface area contributed by atoms with E-state index in [1.165, 1.54) is 30.3 Å². The number of aromatic nitrogens is 1. The van der Waals surface area contributed by atoms with Gasteiger partial charge in [0.15, 0.2) is 5.69 Å². The number of alkyl halides is 3. The van der Waals surface area contributed by atoms with Crippen molar-refractivity contribution in [3.05, 3.63) is 71.9 Å². The van der Waals surface area contributed by atoms with E-state index >= 15 is 0 Å². The zero-order valence-corrected chi connectivity index (χ0v) is 12.5. The van der Waals surface area contributed by atoms with E-state index in [9.17, 15) is 22.4 Å². The van der Waals surface area contributed by atoms with Gasteiger partial charge in [0.1, 0.15) is 12.1 Å². The van der Waals surface area contributed by atoms with Crippen LogP contribution in [0.25, 0.3) is 11.5 Å². The quantitative estimate of drug-likeness (QED) is 0.694. The second-order valence-electron chi connectivity index (χ2n) is 5.08. The minimum absolute atomic E-state index is 0.00174. The third-order valence-corrected chi connectivity index (χ3v) is 3.28. The fourth-order valence-electron chi connectivity index (χ4n) is 2.07. The lowest BCUT2D eigenvalue weighted by Crippen LogP contribution is -2.12. The Labute approximate surface area is 139 Å². The lowest BCUT2D eigenvalue weighted by molar-refractivity contribution is -0.137. The zero-order valence-electron chi connectivity index (χ0n) is 12.5. The summed E-state index contributed by atoms with van der Waals surface area (Å²) in [6, 6.07) is 9.48. The minimum atomic E-state index is -4.44. The van der Waals surface area contributed by atoms with E-state index in [1.807, 2.05) is 0 Å². The Morgan fingerprint density at radius 2 is 1.80 bits per heavy atom. The summed E-state index contributed by atoms with van der Waals surface area (Å²) in [4.78, 5) is 16.0. The minimum Gasteiger partial charge on any atom is -0.444 e. The molecule has 3 rings (SSSR count). The van der Waals surface area contributed by atoms with Crippen molar-refractivity contribution in [2.75, 3.05) is 5.32 Å². The zero-order chi connectivity index (χ0) is 18.0. The van der Waals surface area contributed by atoms with Crippen LogP contribution in [0.2, 0.25) is 0 Å². The highest BCUT2D eigenvalue weighted by molar-refractivity contribution is 6.02. The second-order valence-corrected chi connectivity index (χ2v) is 5.08. The van der Waals surface area contributed by atoms with E-state index in [2.05, 4.69) is 10.3 Å². The van der Waals surface area contributed by atoms with Crippen molar-refractivity contribution in [3.63, 3.8) is 0 Å². The maximum absolute atomic E-state index is 13.1. The van der Waals surface area contributed by atoms with Crippen molar-refractivity contribution in [1.29, 1.82) is 0 Å². The number of benzene rings is 2. The van der Waals surface area contributed by atoms with Crippen molar-refractivity contribution in [1.82, 2.24) is 4.98 Å². The Bertz CT molecular complexity index is 902. The molecule has 1 N–H and O–H groups in total. The number of rotatable bonds is 3. The van der Waals surface area contributed by atoms with Gasteiger partial charge in [-0.3, -0.25) is 4.79 Å². The highest BCUT2D eigenvalue weighted by Gasteiger charge is 2.30. The monoisotopic (exact) mass is 350 g/mol. The topological polar surface area (TPSA) is 55.1 Å². The van der Waals surface area contributed by atoms with Crippen LogP contribution in [-0.4, -0.2) is 10.9 Å². The lowest BCUT2D eigenvalue weighted by Gasteiger charge is -2.06. The summed E-state index contributed by atoms with van der Waals surface area (Å²) in [6.45, 7) is 0. The molecule has 0 fully saturated rings. The lowest BCUT2D eigenvalue weighted by atomic mass is 10.1. The largest absolute Gasteiger partial charge is 0.444 e. The SMILES string of the molecule is O=C(Nc1cccc(F)c1)c1coc(-c2ccc(C(F)(F)F)cc2)n1. The first-order valence-electron chi connectivity index (χ1n) is 7.03. The molecule has 0 unspecified atom stereocenters. The maximum Gasteiger partial charge on any atom is 0.416 e. The fourth-order valence-corrected chi connectivity index (χ4v) is 2.07. The average molecular weight is 350 g/mol. The van der Waals surface area contributed by atoms with Gasteiger partial charge < -0.3 is 9.73 Å². The Balaban J connectivity index is 1.76. The first kappa shape index (κ1) is 16.7. The molecule has 0 aliphatic carbocycles. The van der Waals surface area contributed by atoms with Crippen molar-refractivity contribution >= 4 is 11.6 Å². The van der Waals surface area contributed by atoms with E-state index < -0.39 is 23.5 Å². The number of oxazole rings is 1. The molecule has 0 saturated heterocycles. The smallest absolute Gasteiger partial charge is 0.416 e. The number of halogens is 4. The van der Waals surface area contributed by atoms with Gasteiger partial charge in [-0.1, -0.05) is 6.07 Å². The van der Waals surface area contributed by atoms with E-state index in [0.717, 1.165) is 24.5 Å². The summed E-state index contributed by atoms with van der Waals surface area (Å²) in [6.07, 6.45) is -3.37. The summed E-state index contributed by atoms with van der Waals surface area (Å²) in [5.74, 6) is -1.14. The van der Waals surface area contributed by atoms with Gasteiger partial charge in [-0.05, 0) is 42.5 Å². The highest BCUT2D eigenvalue weighted by Crippen LogP contribution is 2.30. The van der Waals surface area contributed by atoms with Crippen molar-refractivity contribution in [2.45, 2.75) is 6.18 Å². The van der Waals surface area contributed by atoms with Gasteiger partial charge in [0.2, 0.25) is 5.89 Å². The normalized spacial score (nSPS) is 11.4. The van der Waals surface area contributed by atoms with Crippen LogP contribution in [0.15, 0.2) is 59.2 Å². The van der Waals surface area contributed by atoms with Crippen molar-refractivity contribution in [2.24, 2.45) is 0 Å². The van der Waals surface area contributed by atoms with E-state index in [1.54, 1.807) is 0 Å². The molecule has 4 nitrogen and oxygen atoms in total. The number of carbonyl (C=O) groups is 1. The number of nitrogens with one attached hydrogen (secondary N) is 1. The molecule has 0 atom stereocenters. The summed E-state index contributed by atoms with van der Waals surface area (Å²) < 4.78 is 55.9. The van der Waals surface area contributed by atoms with Crippen LogP contribution in [0.3, 0.4) is 0 Å². The Morgan fingerprint density at radius 1 is 1.08 bits per heavy atom. The first-order chi connectivity index (χ1) is 11.8. The third-order valence-electron chi connectivity index (χ3n) is 3.28. The second kappa shape index (κ2) is 6.39. The van der Waals surface area contributed by atoms with Crippen molar-refractivity contribution < 1.29 is 26.8 Å². The standard InChI is InChI=1S/C17H10F4N2O2/c18-12-2-1-3-13(8-12)22-15(24)14-9-25-16(23-14)10-4-6-11(7-5-10)17(19,20)21/h1-9H,(H,22,24). The van der Waals surface area contributed by atoms with Crippen LogP contribution in [0, 0.1) is 5.82 Å². The van der Waals surface area contributed by atoms with Gasteiger partial charge in [-0.25, -0.2) is 9.37 Å². The van der Waals surface area contributed by atoms with E-state index in [-0.39, 0.29) is 22.8 Å². The molecule has 8 heteroatoms. The molecule has 0 aliphatic heterocycles. The van der Waals surface area contributed by atoms with Crippen LogP contribution in [0.5, 0.6) is 0 Å². The van der Waals surface area contributed by atoms with Crippen molar-refractivity contribution in [3.8, 4) is 11.5 Å². The predicted molar refractivity (Wildman–Crippen MR) is 81.3 cm³/mol. The van der Waals surface area contributed by atoms with Gasteiger partial charge >= 0.3 is 6.18 Å². The molecule has 3 aromatic rings. The van der Waals surface area contributed by atoms with Crippen LogP contribution < -0.4 is 5.32 Å². The molecular weight excluding hydrogens is 340 g/mol. The van der Waals surface area contributed by atoms with Gasteiger partial charge in [-0.2, -0.15) is 13.2 Å². The summed E-state index contributed by atoms with van der Waals surface area (Å²) in [5.41, 5.74) is -0.354. The number of amides is 1. The van der Waals surface area contributed by atoms with E-state index in [4.69, 9.17) is 4.42 Å². The molecule has 2 aromatic carbocycles. The number of hydrogen-bond donors (Lipinski definition) is 1. The van der Waals surface area contributed by atoms with Crippen LogP contribution in [0.4, 0.5) is 23.2 Å². The number of carbonyl (C=O) groups excluding carboxylic acids is 1. The number of hydrogen-bond acceptors (Lipinski definition) is 3. The first-order valence-corrected chi connectivity index (χ1v) is 7.03. The van der Waals surface area contributed by atoms with Gasteiger partial charge in [0.05, 0.1) is 5.56 Å². The Hall–Kier alpha value is -3.16. The molecule has 0 saturated carbocycles.